The Morgan fingerprint density at radius 2 is 1.92 bits per heavy atom. The van der Waals surface area contributed by atoms with E-state index in [1.807, 2.05) is 0 Å². The lowest BCUT2D eigenvalue weighted by Gasteiger charge is -2.09. The van der Waals surface area contributed by atoms with Crippen molar-refractivity contribution < 1.29 is 0 Å². The minimum absolute atomic E-state index is 0.781. The number of rotatable bonds is 5. The first-order valence-electron chi connectivity index (χ1n) is 5.07. The maximum atomic E-state index is 3.45. The fourth-order valence-corrected chi connectivity index (χ4v) is 1.20. The topological polar surface area (TPSA) is 12.0 Å². The maximum Gasteiger partial charge on any atom is 0.0205 e. The van der Waals surface area contributed by atoms with Crippen LogP contribution in [0.4, 0.5) is 0 Å². The lowest BCUT2D eigenvalue weighted by atomic mass is 10.1. The molecule has 1 unspecified atom stereocenters. The van der Waals surface area contributed by atoms with Crippen LogP contribution >= 0.6 is 0 Å². The smallest absolute Gasteiger partial charge is 0.0205 e. The standard InChI is InChI=1S/C12H19N/c1-3-11(2)9-13-10-12-7-5-4-6-8-12/h4-8,11,13H,3,9-10H2,1-2H3. The van der Waals surface area contributed by atoms with Crippen molar-refractivity contribution in [3.05, 3.63) is 35.9 Å². The highest BCUT2D eigenvalue weighted by molar-refractivity contribution is 5.14. The van der Waals surface area contributed by atoms with Crippen molar-refractivity contribution in [3.63, 3.8) is 0 Å². The summed E-state index contributed by atoms with van der Waals surface area (Å²) in [7, 11) is 0. The number of hydrogen-bond donors (Lipinski definition) is 1. The van der Waals surface area contributed by atoms with Crippen molar-refractivity contribution in [2.75, 3.05) is 6.54 Å². The molecule has 0 fully saturated rings. The van der Waals surface area contributed by atoms with Gasteiger partial charge in [-0.1, -0.05) is 50.6 Å². The highest BCUT2D eigenvalue weighted by Gasteiger charge is 1.96. The number of nitrogens with one attached hydrogen (secondary N) is 1. The SMILES string of the molecule is CCC(C)CNCc1ccccc1. The van der Waals surface area contributed by atoms with Crippen molar-refractivity contribution in [1.82, 2.24) is 5.32 Å². The highest BCUT2D eigenvalue weighted by atomic mass is 14.8. The van der Waals surface area contributed by atoms with Gasteiger partial charge in [-0.3, -0.25) is 0 Å². The summed E-state index contributed by atoms with van der Waals surface area (Å²) in [6, 6.07) is 10.5. The highest BCUT2D eigenvalue weighted by Crippen LogP contribution is 2.00. The summed E-state index contributed by atoms with van der Waals surface area (Å²) in [6.45, 7) is 6.61. The van der Waals surface area contributed by atoms with Gasteiger partial charge in [0.2, 0.25) is 0 Å². The molecule has 1 nitrogen and oxygen atoms in total. The van der Waals surface area contributed by atoms with E-state index < -0.39 is 0 Å². The first-order chi connectivity index (χ1) is 6.33. The van der Waals surface area contributed by atoms with Crippen LogP contribution in [0.5, 0.6) is 0 Å². The largest absolute Gasteiger partial charge is 0.312 e. The molecule has 1 aromatic rings. The van der Waals surface area contributed by atoms with E-state index in [1.54, 1.807) is 0 Å². The monoisotopic (exact) mass is 177 g/mol. The predicted molar refractivity (Wildman–Crippen MR) is 57.6 cm³/mol. The Balaban J connectivity index is 2.20. The zero-order valence-corrected chi connectivity index (χ0v) is 8.59. The van der Waals surface area contributed by atoms with Gasteiger partial charge >= 0.3 is 0 Å². The second-order valence-electron chi connectivity index (χ2n) is 3.63. The molecule has 0 spiro atoms. The van der Waals surface area contributed by atoms with Gasteiger partial charge in [-0.15, -0.1) is 0 Å². The van der Waals surface area contributed by atoms with Crippen LogP contribution in [-0.4, -0.2) is 6.54 Å². The van der Waals surface area contributed by atoms with E-state index in [9.17, 15) is 0 Å². The van der Waals surface area contributed by atoms with E-state index in [1.165, 1.54) is 12.0 Å². The molecular weight excluding hydrogens is 158 g/mol. The molecule has 0 amide bonds. The Morgan fingerprint density at radius 3 is 2.54 bits per heavy atom. The molecule has 0 heterocycles. The van der Waals surface area contributed by atoms with Crippen molar-refractivity contribution in [2.24, 2.45) is 5.92 Å². The molecule has 1 N–H and O–H groups in total. The molecule has 72 valence electrons. The van der Waals surface area contributed by atoms with Gasteiger partial charge in [-0.05, 0) is 18.0 Å². The Hall–Kier alpha value is -0.820. The Labute approximate surface area is 81.2 Å². The Morgan fingerprint density at radius 1 is 1.23 bits per heavy atom. The molecule has 1 rings (SSSR count). The van der Waals surface area contributed by atoms with Crippen LogP contribution in [0.3, 0.4) is 0 Å². The summed E-state index contributed by atoms with van der Waals surface area (Å²) < 4.78 is 0. The van der Waals surface area contributed by atoms with E-state index in [0.29, 0.717) is 0 Å². The fourth-order valence-electron chi connectivity index (χ4n) is 1.20. The van der Waals surface area contributed by atoms with E-state index in [4.69, 9.17) is 0 Å². The molecule has 13 heavy (non-hydrogen) atoms. The quantitative estimate of drug-likeness (QED) is 0.729. The van der Waals surface area contributed by atoms with Gasteiger partial charge in [0.1, 0.15) is 0 Å². The van der Waals surface area contributed by atoms with E-state index in [-0.39, 0.29) is 0 Å². The zero-order valence-electron chi connectivity index (χ0n) is 8.59. The molecular formula is C12H19N. The Kier molecular flexibility index (Phi) is 4.55. The molecule has 1 aromatic carbocycles. The fraction of sp³-hybridized carbons (Fsp3) is 0.500. The lowest BCUT2D eigenvalue weighted by Crippen LogP contribution is -2.20. The second-order valence-corrected chi connectivity index (χ2v) is 3.63. The second kappa shape index (κ2) is 5.76. The van der Waals surface area contributed by atoms with Gasteiger partial charge in [0, 0.05) is 6.54 Å². The van der Waals surface area contributed by atoms with Crippen LogP contribution in [0.1, 0.15) is 25.8 Å². The van der Waals surface area contributed by atoms with Crippen LogP contribution in [0, 0.1) is 5.92 Å². The molecule has 0 aliphatic rings. The van der Waals surface area contributed by atoms with Crippen LogP contribution in [0.25, 0.3) is 0 Å². The summed E-state index contributed by atoms with van der Waals surface area (Å²) in [5, 5.41) is 3.45. The summed E-state index contributed by atoms with van der Waals surface area (Å²) in [5.74, 6) is 0.781. The van der Waals surface area contributed by atoms with Gasteiger partial charge in [0.25, 0.3) is 0 Å². The Bertz CT molecular complexity index is 218. The molecule has 1 heteroatoms. The van der Waals surface area contributed by atoms with E-state index in [0.717, 1.165) is 19.0 Å². The summed E-state index contributed by atoms with van der Waals surface area (Å²) in [5.41, 5.74) is 1.37. The lowest BCUT2D eigenvalue weighted by molar-refractivity contribution is 0.500. The third-order valence-corrected chi connectivity index (χ3v) is 2.36. The molecule has 0 radical (unpaired) electrons. The minimum atomic E-state index is 0.781. The van der Waals surface area contributed by atoms with Crippen molar-refractivity contribution in [1.29, 1.82) is 0 Å². The number of hydrogen-bond acceptors (Lipinski definition) is 1. The summed E-state index contributed by atoms with van der Waals surface area (Å²) >= 11 is 0. The van der Waals surface area contributed by atoms with Crippen molar-refractivity contribution >= 4 is 0 Å². The predicted octanol–water partition coefficient (Wildman–Crippen LogP) is 2.82. The van der Waals surface area contributed by atoms with E-state index in [2.05, 4.69) is 49.5 Å². The van der Waals surface area contributed by atoms with Crippen molar-refractivity contribution in [2.45, 2.75) is 26.8 Å². The number of benzene rings is 1. The molecule has 0 aliphatic carbocycles. The van der Waals surface area contributed by atoms with E-state index >= 15 is 0 Å². The summed E-state index contributed by atoms with van der Waals surface area (Å²) in [6.07, 6.45) is 1.25. The average Bonchev–Trinajstić information content (AvgIpc) is 2.19. The molecule has 0 saturated carbocycles. The zero-order chi connectivity index (χ0) is 9.52. The molecule has 0 aliphatic heterocycles. The van der Waals surface area contributed by atoms with Crippen LogP contribution in [-0.2, 0) is 6.54 Å². The molecule has 0 aromatic heterocycles. The van der Waals surface area contributed by atoms with Crippen LogP contribution in [0.15, 0.2) is 30.3 Å². The third kappa shape index (κ3) is 4.09. The minimum Gasteiger partial charge on any atom is -0.312 e. The molecule has 0 saturated heterocycles. The maximum absolute atomic E-state index is 3.45. The molecule has 0 bridgehead atoms. The van der Waals surface area contributed by atoms with Gasteiger partial charge in [-0.25, -0.2) is 0 Å². The normalized spacial score (nSPS) is 12.8. The first-order valence-corrected chi connectivity index (χ1v) is 5.07. The van der Waals surface area contributed by atoms with Gasteiger partial charge < -0.3 is 5.32 Å². The first kappa shape index (κ1) is 10.3. The van der Waals surface area contributed by atoms with Crippen molar-refractivity contribution in [3.8, 4) is 0 Å². The summed E-state index contributed by atoms with van der Waals surface area (Å²) in [4.78, 5) is 0. The molecule has 1 atom stereocenters. The third-order valence-electron chi connectivity index (χ3n) is 2.36. The van der Waals surface area contributed by atoms with Gasteiger partial charge in [0.05, 0.1) is 0 Å². The van der Waals surface area contributed by atoms with Gasteiger partial charge in [-0.2, -0.15) is 0 Å². The van der Waals surface area contributed by atoms with Crippen LogP contribution in [0.2, 0.25) is 0 Å². The van der Waals surface area contributed by atoms with Crippen LogP contribution < -0.4 is 5.32 Å². The van der Waals surface area contributed by atoms with Gasteiger partial charge in [0.15, 0.2) is 0 Å². The average molecular weight is 177 g/mol.